The first kappa shape index (κ1) is 32.7. The van der Waals surface area contributed by atoms with Gasteiger partial charge in [-0.25, -0.2) is 4.79 Å². The lowest BCUT2D eigenvalue weighted by atomic mass is 9.94. The number of nitrogens with one attached hydrogen (secondary N) is 2. The largest absolute Gasteiger partial charge is 0.508 e. The Morgan fingerprint density at radius 1 is 0.953 bits per heavy atom. The van der Waals surface area contributed by atoms with Crippen molar-refractivity contribution >= 4 is 17.9 Å². The van der Waals surface area contributed by atoms with E-state index in [1.165, 1.54) is 17.0 Å². The molecule has 3 aromatic carbocycles. The van der Waals surface area contributed by atoms with E-state index in [9.17, 15) is 19.5 Å². The molecule has 0 radical (unpaired) electrons. The third-order valence-electron chi connectivity index (χ3n) is 6.93. The predicted octanol–water partition coefficient (Wildman–Crippen LogP) is 5.49. The van der Waals surface area contributed by atoms with Crippen LogP contribution < -0.4 is 10.6 Å². The molecule has 3 rings (SSSR count). The van der Waals surface area contributed by atoms with Gasteiger partial charge in [-0.1, -0.05) is 73.5 Å². The zero-order valence-corrected chi connectivity index (χ0v) is 25.5. The molecule has 8 nitrogen and oxygen atoms in total. The minimum atomic E-state index is -1.09. The fourth-order valence-corrected chi connectivity index (χ4v) is 4.66. The lowest BCUT2D eigenvalue weighted by Crippen LogP contribution is -2.56. The summed E-state index contributed by atoms with van der Waals surface area (Å²) in [5, 5.41) is 15.5. The Morgan fingerprint density at radius 3 is 2.19 bits per heavy atom. The molecule has 0 spiro atoms. The zero-order chi connectivity index (χ0) is 31.6. The Labute approximate surface area is 254 Å². The van der Waals surface area contributed by atoms with Gasteiger partial charge in [0.1, 0.15) is 23.4 Å². The Bertz CT molecular complexity index is 1420. The molecule has 0 aliphatic heterocycles. The van der Waals surface area contributed by atoms with Crippen molar-refractivity contribution in [3.05, 3.63) is 101 Å². The number of nitrogens with zero attached hydrogens (tertiary/aromatic N) is 1. The fourth-order valence-electron chi connectivity index (χ4n) is 4.66. The molecule has 0 saturated heterocycles. The van der Waals surface area contributed by atoms with E-state index in [1.807, 2.05) is 44.2 Å². The van der Waals surface area contributed by atoms with E-state index < -0.39 is 41.6 Å². The second-order valence-corrected chi connectivity index (χ2v) is 11.4. The number of carbonyl (C=O) groups excluding carboxylic acids is 3. The summed E-state index contributed by atoms with van der Waals surface area (Å²) in [5.41, 5.74) is 1.80. The number of phenolic OH excluding ortho intramolecular Hbond substituents is 1. The molecule has 0 fully saturated rings. The Morgan fingerprint density at radius 2 is 1.58 bits per heavy atom. The van der Waals surface area contributed by atoms with E-state index in [0.717, 1.165) is 5.56 Å². The van der Waals surface area contributed by atoms with Crippen LogP contribution in [0.3, 0.4) is 0 Å². The first-order chi connectivity index (χ1) is 20.4. The quantitative estimate of drug-likeness (QED) is 0.259. The summed E-state index contributed by atoms with van der Waals surface area (Å²) in [6.07, 6.45) is 5.73. The maximum Gasteiger partial charge on any atom is 0.408 e. The number of aromatic hydroxyl groups is 1. The molecule has 0 bridgehead atoms. The van der Waals surface area contributed by atoms with E-state index in [-0.39, 0.29) is 18.7 Å². The summed E-state index contributed by atoms with van der Waals surface area (Å²) in [5.74, 6) is 1.86. The molecular formula is C35H41N3O5. The number of hydrogen-bond donors (Lipinski definition) is 3. The highest BCUT2D eigenvalue weighted by Crippen LogP contribution is 2.29. The lowest BCUT2D eigenvalue weighted by Gasteiger charge is -2.38. The highest BCUT2D eigenvalue weighted by molar-refractivity contribution is 5.93. The fraction of sp³-hybridized carbons (Fsp3) is 0.343. The highest BCUT2D eigenvalue weighted by Gasteiger charge is 2.39. The van der Waals surface area contributed by atoms with Gasteiger partial charge in [0, 0.05) is 24.6 Å². The van der Waals surface area contributed by atoms with Crippen LogP contribution in [0.5, 0.6) is 5.75 Å². The summed E-state index contributed by atoms with van der Waals surface area (Å²) < 4.78 is 5.49. The van der Waals surface area contributed by atoms with Gasteiger partial charge in [-0.15, -0.1) is 6.42 Å². The summed E-state index contributed by atoms with van der Waals surface area (Å²) in [4.78, 5) is 43.1. The average molecular weight is 584 g/mol. The van der Waals surface area contributed by atoms with Crippen molar-refractivity contribution in [3.63, 3.8) is 0 Å². The van der Waals surface area contributed by atoms with Crippen LogP contribution >= 0.6 is 0 Å². The van der Waals surface area contributed by atoms with E-state index in [2.05, 4.69) is 16.6 Å². The third kappa shape index (κ3) is 9.37. The first-order valence-corrected chi connectivity index (χ1v) is 14.4. The van der Waals surface area contributed by atoms with Crippen molar-refractivity contribution in [3.8, 4) is 18.1 Å². The molecule has 3 aromatic rings. The number of hydrogen-bond acceptors (Lipinski definition) is 5. The van der Waals surface area contributed by atoms with Gasteiger partial charge in [0.05, 0.1) is 0 Å². The molecule has 0 aliphatic rings. The normalized spacial score (nSPS) is 13.1. The number of amides is 3. The SMILES string of the molecule is C#Cc1ccccc1C(C(=O)NCc1ccccc1)N(C(=O)C(Cc1ccc(O)cc1)NC(=O)OC(C)(C)C)C(C)CC. The molecule has 43 heavy (non-hydrogen) atoms. The lowest BCUT2D eigenvalue weighted by molar-refractivity contribution is -0.145. The van der Waals surface area contributed by atoms with Gasteiger partial charge in [-0.3, -0.25) is 9.59 Å². The second kappa shape index (κ2) is 14.9. The van der Waals surface area contributed by atoms with Crippen molar-refractivity contribution in [2.45, 2.75) is 77.7 Å². The molecule has 0 aromatic heterocycles. The van der Waals surface area contributed by atoms with Gasteiger partial charge in [0.2, 0.25) is 11.8 Å². The number of terminal acetylenes is 1. The van der Waals surface area contributed by atoms with Crippen molar-refractivity contribution in [2.24, 2.45) is 0 Å². The Kier molecular flexibility index (Phi) is 11.4. The van der Waals surface area contributed by atoms with Crippen LogP contribution in [-0.2, 0) is 27.3 Å². The molecule has 3 N–H and O–H groups in total. The van der Waals surface area contributed by atoms with Crippen molar-refractivity contribution < 1.29 is 24.2 Å². The van der Waals surface area contributed by atoms with Crippen molar-refractivity contribution in [2.75, 3.05) is 0 Å². The first-order valence-electron chi connectivity index (χ1n) is 14.4. The monoisotopic (exact) mass is 583 g/mol. The van der Waals surface area contributed by atoms with Crippen LogP contribution in [0.25, 0.3) is 0 Å². The minimum absolute atomic E-state index is 0.0778. The molecule has 3 amide bonds. The van der Waals surface area contributed by atoms with Gasteiger partial charge in [0.15, 0.2) is 0 Å². The van der Waals surface area contributed by atoms with Crippen LogP contribution in [-0.4, -0.2) is 45.6 Å². The number of phenols is 1. The molecule has 0 heterocycles. The van der Waals surface area contributed by atoms with Crippen LogP contribution in [0.15, 0.2) is 78.9 Å². The molecule has 226 valence electrons. The topological polar surface area (TPSA) is 108 Å². The average Bonchev–Trinajstić information content (AvgIpc) is 2.98. The second-order valence-electron chi connectivity index (χ2n) is 11.4. The van der Waals surface area contributed by atoms with Gasteiger partial charge in [-0.05, 0) is 69.0 Å². The molecule has 3 atom stereocenters. The maximum absolute atomic E-state index is 14.6. The summed E-state index contributed by atoms with van der Waals surface area (Å²) in [6.45, 7) is 9.24. The predicted molar refractivity (Wildman–Crippen MR) is 167 cm³/mol. The number of alkyl carbamates (subject to hydrolysis) is 1. The molecule has 8 heteroatoms. The van der Waals surface area contributed by atoms with Crippen molar-refractivity contribution in [1.29, 1.82) is 0 Å². The number of ether oxygens (including phenoxy) is 1. The smallest absolute Gasteiger partial charge is 0.408 e. The van der Waals surface area contributed by atoms with E-state index in [0.29, 0.717) is 23.1 Å². The third-order valence-corrected chi connectivity index (χ3v) is 6.93. The standard InChI is InChI=1S/C35H41N3O5/c1-7-24(3)38(33(41)30(37-34(42)43-35(4,5)6)22-25-18-20-28(39)21-19-25)31(29-17-13-12-16-27(29)8-2)32(40)36-23-26-14-10-9-11-15-26/h2,9-21,24,30-31,39H,7,22-23H2,1,3-6H3,(H,36,40)(H,37,42). The number of benzene rings is 3. The Balaban J connectivity index is 2.08. The molecule has 0 saturated carbocycles. The van der Waals surface area contributed by atoms with Crippen LogP contribution in [0, 0.1) is 12.3 Å². The molecule has 0 aliphatic carbocycles. The summed E-state index contributed by atoms with van der Waals surface area (Å²) in [6, 6.07) is 20.3. The van der Waals surface area contributed by atoms with Crippen LogP contribution in [0.1, 0.15) is 69.3 Å². The van der Waals surface area contributed by atoms with Gasteiger partial charge < -0.3 is 25.4 Å². The van der Waals surface area contributed by atoms with Gasteiger partial charge >= 0.3 is 6.09 Å². The van der Waals surface area contributed by atoms with Crippen LogP contribution in [0.4, 0.5) is 4.79 Å². The van der Waals surface area contributed by atoms with E-state index >= 15 is 0 Å². The zero-order valence-electron chi connectivity index (χ0n) is 25.5. The highest BCUT2D eigenvalue weighted by atomic mass is 16.6. The maximum atomic E-state index is 14.6. The van der Waals surface area contributed by atoms with Crippen molar-refractivity contribution in [1.82, 2.24) is 15.5 Å². The van der Waals surface area contributed by atoms with Gasteiger partial charge in [-0.2, -0.15) is 0 Å². The Hall–Kier alpha value is -4.77. The molecule has 3 unspecified atom stereocenters. The summed E-state index contributed by atoms with van der Waals surface area (Å²) >= 11 is 0. The molecular weight excluding hydrogens is 542 g/mol. The summed E-state index contributed by atoms with van der Waals surface area (Å²) in [7, 11) is 0. The van der Waals surface area contributed by atoms with E-state index in [4.69, 9.17) is 11.2 Å². The van der Waals surface area contributed by atoms with Crippen LogP contribution in [0.2, 0.25) is 0 Å². The van der Waals surface area contributed by atoms with Gasteiger partial charge in [0.25, 0.3) is 0 Å². The number of carbonyl (C=O) groups is 3. The number of rotatable bonds is 11. The van der Waals surface area contributed by atoms with E-state index in [1.54, 1.807) is 57.2 Å². The minimum Gasteiger partial charge on any atom is -0.508 e.